The SMILES string of the molecule is Oc1ccc2c(c1)OCC(c1c(F)cccc1F)=C2c1cc(F)c(N2CCCCC2)c(F)c1. The van der Waals surface area contributed by atoms with Gasteiger partial charge in [0.2, 0.25) is 0 Å². The maximum absolute atomic E-state index is 15.3. The van der Waals surface area contributed by atoms with Crippen LogP contribution in [-0.4, -0.2) is 24.8 Å². The Bertz CT molecular complexity index is 1220. The number of rotatable bonds is 3. The third-order valence-corrected chi connectivity index (χ3v) is 6.15. The zero-order valence-corrected chi connectivity index (χ0v) is 17.7. The second-order valence-corrected chi connectivity index (χ2v) is 8.26. The van der Waals surface area contributed by atoms with Gasteiger partial charge >= 0.3 is 0 Å². The maximum atomic E-state index is 15.3. The highest BCUT2D eigenvalue weighted by molar-refractivity contribution is 6.02. The molecular weight excluding hydrogens is 434 g/mol. The summed E-state index contributed by atoms with van der Waals surface area (Å²) in [6.07, 6.45) is 2.74. The highest BCUT2D eigenvalue weighted by Crippen LogP contribution is 2.44. The molecule has 2 aliphatic heterocycles. The number of halogens is 4. The van der Waals surface area contributed by atoms with Crippen LogP contribution < -0.4 is 9.64 Å². The molecule has 2 aliphatic rings. The molecule has 0 atom stereocenters. The van der Waals surface area contributed by atoms with Gasteiger partial charge in [-0.1, -0.05) is 6.07 Å². The van der Waals surface area contributed by atoms with Crippen LogP contribution in [0.4, 0.5) is 23.2 Å². The van der Waals surface area contributed by atoms with E-state index in [1.54, 1.807) is 4.90 Å². The average molecular weight is 455 g/mol. The second kappa shape index (κ2) is 8.46. The summed E-state index contributed by atoms with van der Waals surface area (Å²) < 4.78 is 65.6. The highest BCUT2D eigenvalue weighted by Gasteiger charge is 2.29. The lowest BCUT2D eigenvalue weighted by Crippen LogP contribution is -2.31. The minimum atomic E-state index is -0.806. The number of hydrogen-bond acceptors (Lipinski definition) is 3. The van der Waals surface area contributed by atoms with Crippen LogP contribution >= 0.6 is 0 Å². The van der Waals surface area contributed by atoms with Gasteiger partial charge in [0, 0.05) is 35.9 Å². The summed E-state index contributed by atoms with van der Waals surface area (Å²) in [5.41, 5.74) is 0.499. The van der Waals surface area contributed by atoms with Crippen molar-refractivity contribution in [2.24, 2.45) is 0 Å². The summed E-state index contributed by atoms with van der Waals surface area (Å²) in [6.45, 7) is 0.899. The van der Waals surface area contributed by atoms with Crippen molar-refractivity contribution in [1.82, 2.24) is 0 Å². The number of piperidine rings is 1. The van der Waals surface area contributed by atoms with Gasteiger partial charge < -0.3 is 14.7 Å². The zero-order valence-electron chi connectivity index (χ0n) is 17.7. The minimum absolute atomic E-state index is 0.0635. The number of anilines is 1. The second-order valence-electron chi connectivity index (χ2n) is 8.26. The largest absolute Gasteiger partial charge is 0.508 e. The molecule has 3 nitrogen and oxygen atoms in total. The topological polar surface area (TPSA) is 32.7 Å². The third kappa shape index (κ3) is 3.81. The number of fused-ring (bicyclic) bond motifs is 1. The van der Waals surface area contributed by atoms with E-state index in [4.69, 9.17) is 4.74 Å². The number of aromatic hydroxyl groups is 1. The van der Waals surface area contributed by atoms with Crippen LogP contribution in [0.1, 0.15) is 36.0 Å². The number of hydrogen-bond donors (Lipinski definition) is 1. The van der Waals surface area contributed by atoms with E-state index in [0.717, 1.165) is 31.4 Å². The Morgan fingerprint density at radius 3 is 2.12 bits per heavy atom. The zero-order chi connectivity index (χ0) is 23.1. The lowest BCUT2D eigenvalue weighted by molar-refractivity contribution is 0.359. The summed E-state index contributed by atoms with van der Waals surface area (Å²) in [4.78, 5) is 1.69. The molecule has 3 aromatic rings. The first-order valence-electron chi connectivity index (χ1n) is 10.8. The van der Waals surface area contributed by atoms with Crippen LogP contribution in [0.25, 0.3) is 11.1 Å². The minimum Gasteiger partial charge on any atom is -0.508 e. The first-order valence-corrected chi connectivity index (χ1v) is 10.8. The van der Waals surface area contributed by atoms with Crippen molar-refractivity contribution < 1.29 is 27.4 Å². The molecule has 0 bridgehead atoms. The molecule has 1 saturated heterocycles. The van der Waals surface area contributed by atoms with E-state index >= 15 is 8.78 Å². The molecular formula is C26H21F4NO2. The van der Waals surface area contributed by atoms with Crippen LogP contribution in [0.15, 0.2) is 48.5 Å². The van der Waals surface area contributed by atoms with E-state index < -0.39 is 23.3 Å². The maximum Gasteiger partial charge on any atom is 0.150 e. The Labute approximate surface area is 188 Å². The van der Waals surface area contributed by atoms with E-state index in [-0.39, 0.29) is 46.1 Å². The van der Waals surface area contributed by atoms with Crippen molar-refractivity contribution >= 4 is 16.8 Å². The van der Waals surface area contributed by atoms with Gasteiger partial charge in [0.25, 0.3) is 0 Å². The summed E-state index contributed by atoms with van der Waals surface area (Å²) in [6, 6.07) is 10.1. The summed E-state index contributed by atoms with van der Waals surface area (Å²) >= 11 is 0. The third-order valence-electron chi connectivity index (χ3n) is 6.15. The molecule has 33 heavy (non-hydrogen) atoms. The van der Waals surface area contributed by atoms with E-state index in [1.165, 1.54) is 36.4 Å². The molecule has 2 heterocycles. The first-order chi connectivity index (χ1) is 15.9. The van der Waals surface area contributed by atoms with E-state index in [9.17, 15) is 13.9 Å². The molecule has 0 unspecified atom stereocenters. The Kier molecular flexibility index (Phi) is 5.48. The summed E-state index contributed by atoms with van der Waals surface area (Å²) in [5, 5.41) is 9.84. The molecule has 7 heteroatoms. The monoisotopic (exact) mass is 455 g/mol. The van der Waals surface area contributed by atoms with Gasteiger partial charge in [-0.2, -0.15) is 0 Å². The number of phenols is 1. The molecule has 0 aromatic heterocycles. The number of ether oxygens (including phenoxy) is 1. The fourth-order valence-electron chi connectivity index (χ4n) is 4.66. The van der Waals surface area contributed by atoms with Gasteiger partial charge in [0.1, 0.15) is 47.1 Å². The van der Waals surface area contributed by atoms with Crippen LogP contribution in [0.2, 0.25) is 0 Å². The van der Waals surface area contributed by atoms with Crippen molar-refractivity contribution in [2.75, 3.05) is 24.6 Å². The Hall–Kier alpha value is -3.48. The summed E-state index contributed by atoms with van der Waals surface area (Å²) in [5.74, 6) is -2.89. The quantitative estimate of drug-likeness (QED) is 0.471. The van der Waals surface area contributed by atoms with E-state index in [0.29, 0.717) is 18.7 Å². The van der Waals surface area contributed by atoms with Gasteiger partial charge in [-0.05, 0) is 61.2 Å². The molecule has 170 valence electrons. The van der Waals surface area contributed by atoms with Crippen molar-refractivity contribution in [3.8, 4) is 11.5 Å². The van der Waals surface area contributed by atoms with Crippen LogP contribution in [0.3, 0.4) is 0 Å². The molecule has 5 rings (SSSR count). The van der Waals surface area contributed by atoms with Crippen LogP contribution in [0.5, 0.6) is 11.5 Å². The molecule has 0 saturated carbocycles. The van der Waals surface area contributed by atoms with Crippen molar-refractivity contribution in [1.29, 1.82) is 0 Å². The standard InChI is InChI=1S/C26H21F4NO2/c27-19-5-4-6-20(28)25(19)18-14-33-23-13-16(32)7-8-17(23)24(18)15-11-21(29)26(22(30)12-15)31-9-2-1-3-10-31/h4-8,11-13,32H,1-3,9-10,14H2. The Morgan fingerprint density at radius 1 is 0.788 bits per heavy atom. The highest BCUT2D eigenvalue weighted by atomic mass is 19.1. The van der Waals surface area contributed by atoms with Crippen LogP contribution in [0, 0.1) is 23.3 Å². The number of benzene rings is 3. The van der Waals surface area contributed by atoms with Gasteiger partial charge in [0.15, 0.2) is 0 Å². The van der Waals surface area contributed by atoms with Crippen LogP contribution in [-0.2, 0) is 0 Å². The Morgan fingerprint density at radius 2 is 1.45 bits per heavy atom. The Balaban J connectivity index is 1.74. The van der Waals surface area contributed by atoms with E-state index in [2.05, 4.69) is 0 Å². The van der Waals surface area contributed by atoms with Gasteiger partial charge in [-0.3, -0.25) is 0 Å². The smallest absolute Gasteiger partial charge is 0.150 e. The first kappa shape index (κ1) is 21.4. The molecule has 0 spiro atoms. The number of phenolic OH excluding ortho intramolecular Hbond substituents is 1. The molecule has 0 radical (unpaired) electrons. The molecule has 0 aliphatic carbocycles. The predicted octanol–water partition coefficient (Wildman–Crippen LogP) is 6.29. The predicted molar refractivity (Wildman–Crippen MR) is 118 cm³/mol. The number of nitrogens with zero attached hydrogens (tertiary/aromatic N) is 1. The van der Waals surface area contributed by atoms with Crippen molar-refractivity contribution in [3.63, 3.8) is 0 Å². The van der Waals surface area contributed by atoms with Gasteiger partial charge in [-0.15, -0.1) is 0 Å². The lowest BCUT2D eigenvalue weighted by atomic mass is 9.87. The van der Waals surface area contributed by atoms with Gasteiger partial charge in [-0.25, -0.2) is 17.6 Å². The van der Waals surface area contributed by atoms with Crippen molar-refractivity contribution in [3.05, 3.63) is 88.5 Å². The van der Waals surface area contributed by atoms with E-state index in [1.807, 2.05) is 0 Å². The normalized spacial score (nSPS) is 15.9. The average Bonchev–Trinajstić information content (AvgIpc) is 2.79. The fourth-order valence-corrected chi connectivity index (χ4v) is 4.66. The lowest BCUT2D eigenvalue weighted by Gasteiger charge is -2.30. The van der Waals surface area contributed by atoms with Crippen molar-refractivity contribution in [2.45, 2.75) is 19.3 Å². The summed E-state index contributed by atoms with van der Waals surface area (Å²) in [7, 11) is 0. The molecule has 0 amide bonds. The molecule has 1 fully saturated rings. The van der Waals surface area contributed by atoms with Gasteiger partial charge in [0.05, 0.1) is 5.56 Å². The molecule has 1 N–H and O–H groups in total. The molecule has 3 aromatic carbocycles. The fraction of sp³-hybridized carbons (Fsp3) is 0.231.